The van der Waals surface area contributed by atoms with Gasteiger partial charge in [-0.1, -0.05) is 23.4 Å². The molecule has 1 aliphatic rings. The van der Waals surface area contributed by atoms with Gasteiger partial charge in [0, 0.05) is 9.79 Å². The van der Waals surface area contributed by atoms with Crippen LogP contribution in [0.1, 0.15) is 10.4 Å². The molecule has 0 fully saturated rings. The maximum atomic E-state index is 12.9. The molecule has 3 nitrogen and oxygen atoms in total. The third-order valence-electron chi connectivity index (χ3n) is 2.81. The Morgan fingerprint density at radius 3 is 2.50 bits per heavy atom. The summed E-state index contributed by atoms with van der Waals surface area (Å²) in [5.41, 5.74) is 0.734. The molecular weight excluding hydrogens is 301 g/mol. The molecule has 3 rings (SSSR count). The molecule has 2 aromatic carbocycles. The van der Waals surface area contributed by atoms with E-state index in [9.17, 15) is 14.0 Å². The van der Waals surface area contributed by atoms with E-state index >= 15 is 0 Å². The summed E-state index contributed by atoms with van der Waals surface area (Å²) < 4.78 is 12.9. The van der Waals surface area contributed by atoms with Gasteiger partial charge in [-0.2, -0.15) is 0 Å². The number of halogens is 2. The normalized spacial score (nSPS) is 13.3. The average molecular weight is 308 g/mol. The fraction of sp³-hybridized carbons (Fsp3) is 0. The lowest BCUT2D eigenvalue weighted by Gasteiger charge is -2.06. The molecule has 20 heavy (non-hydrogen) atoms. The number of carbonyl (C=O) groups is 2. The second kappa shape index (κ2) is 4.92. The molecule has 0 aromatic heterocycles. The monoisotopic (exact) mass is 307 g/mol. The van der Waals surface area contributed by atoms with Crippen molar-refractivity contribution < 1.29 is 14.0 Å². The number of ketones is 1. The van der Waals surface area contributed by atoms with Crippen molar-refractivity contribution in [3.8, 4) is 0 Å². The van der Waals surface area contributed by atoms with Crippen LogP contribution in [0.3, 0.4) is 0 Å². The van der Waals surface area contributed by atoms with Gasteiger partial charge in [-0.05, 0) is 36.4 Å². The van der Waals surface area contributed by atoms with E-state index in [4.69, 9.17) is 11.6 Å². The summed E-state index contributed by atoms with van der Waals surface area (Å²) in [6, 6.07) is 9.10. The van der Waals surface area contributed by atoms with Crippen molar-refractivity contribution in [2.75, 3.05) is 5.32 Å². The molecule has 1 amide bonds. The van der Waals surface area contributed by atoms with Gasteiger partial charge >= 0.3 is 0 Å². The van der Waals surface area contributed by atoms with Crippen LogP contribution in [0.25, 0.3) is 0 Å². The highest BCUT2D eigenvalue weighted by molar-refractivity contribution is 7.99. The summed E-state index contributed by atoms with van der Waals surface area (Å²) in [5, 5.41) is 2.87. The summed E-state index contributed by atoms with van der Waals surface area (Å²) in [5.74, 6) is -1.55. The van der Waals surface area contributed by atoms with Crippen LogP contribution in [-0.2, 0) is 4.79 Å². The molecule has 0 bridgehead atoms. The number of hydrogen-bond acceptors (Lipinski definition) is 3. The molecule has 0 spiro atoms. The quantitative estimate of drug-likeness (QED) is 0.859. The molecule has 100 valence electrons. The zero-order valence-corrected chi connectivity index (χ0v) is 11.5. The molecule has 0 aliphatic carbocycles. The highest BCUT2D eigenvalue weighted by atomic mass is 35.5. The lowest BCUT2D eigenvalue weighted by molar-refractivity contribution is -0.112. The van der Waals surface area contributed by atoms with E-state index in [2.05, 4.69) is 5.32 Å². The van der Waals surface area contributed by atoms with Crippen molar-refractivity contribution in [2.45, 2.75) is 9.79 Å². The first-order chi connectivity index (χ1) is 9.54. The SMILES string of the molecule is O=C1Nc2cc(Sc3ccc(F)cc3)c(Cl)cc2C1=O. The third-order valence-corrected chi connectivity index (χ3v) is 4.30. The van der Waals surface area contributed by atoms with E-state index in [0.717, 1.165) is 4.90 Å². The minimum absolute atomic E-state index is 0.281. The van der Waals surface area contributed by atoms with Crippen molar-refractivity contribution in [1.29, 1.82) is 0 Å². The van der Waals surface area contributed by atoms with E-state index in [1.54, 1.807) is 18.2 Å². The first-order valence-electron chi connectivity index (χ1n) is 5.67. The lowest BCUT2D eigenvalue weighted by Crippen LogP contribution is -2.12. The number of anilines is 1. The molecule has 0 saturated heterocycles. The zero-order chi connectivity index (χ0) is 14.3. The minimum atomic E-state index is -0.653. The van der Waals surface area contributed by atoms with Crippen molar-refractivity contribution in [3.05, 3.63) is 52.8 Å². The van der Waals surface area contributed by atoms with Crippen LogP contribution in [-0.4, -0.2) is 11.7 Å². The minimum Gasteiger partial charge on any atom is -0.318 e. The summed E-state index contributed by atoms with van der Waals surface area (Å²) in [7, 11) is 0. The Bertz CT molecular complexity index is 731. The van der Waals surface area contributed by atoms with Gasteiger partial charge in [0.25, 0.3) is 11.7 Å². The fourth-order valence-corrected chi connectivity index (χ4v) is 2.99. The Balaban J connectivity index is 1.96. The molecule has 6 heteroatoms. The first kappa shape index (κ1) is 13.1. The van der Waals surface area contributed by atoms with Crippen LogP contribution in [0.2, 0.25) is 5.02 Å². The van der Waals surface area contributed by atoms with Crippen LogP contribution in [0.5, 0.6) is 0 Å². The van der Waals surface area contributed by atoms with E-state index in [-0.39, 0.29) is 11.4 Å². The van der Waals surface area contributed by atoms with Gasteiger partial charge < -0.3 is 5.32 Å². The average Bonchev–Trinajstić information content (AvgIpc) is 2.69. The highest BCUT2D eigenvalue weighted by Crippen LogP contribution is 2.38. The number of fused-ring (bicyclic) bond motifs is 1. The standard InChI is InChI=1S/C14H7ClFNO2S/c15-10-5-9-11(17-14(19)13(9)18)6-12(10)20-8-3-1-7(16)2-4-8/h1-6H,(H,17,18,19). The smallest absolute Gasteiger partial charge is 0.296 e. The molecule has 1 N–H and O–H groups in total. The van der Waals surface area contributed by atoms with Crippen molar-refractivity contribution >= 4 is 40.7 Å². The van der Waals surface area contributed by atoms with Gasteiger partial charge in [0.15, 0.2) is 0 Å². The molecule has 0 saturated carbocycles. The number of nitrogens with one attached hydrogen (secondary N) is 1. The highest BCUT2D eigenvalue weighted by Gasteiger charge is 2.29. The van der Waals surface area contributed by atoms with Crippen LogP contribution in [0.15, 0.2) is 46.2 Å². The lowest BCUT2D eigenvalue weighted by atomic mass is 10.1. The second-order valence-electron chi connectivity index (χ2n) is 4.17. The summed E-state index contributed by atoms with van der Waals surface area (Å²) in [4.78, 5) is 24.3. The van der Waals surface area contributed by atoms with E-state index in [1.165, 1.54) is 30.0 Å². The predicted octanol–water partition coefficient (Wildman–Crippen LogP) is 3.77. The van der Waals surface area contributed by atoms with Crippen molar-refractivity contribution in [1.82, 2.24) is 0 Å². The van der Waals surface area contributed by atoms with Crippen molar-refractivity contribution in [2.24, 2.45) is 0 Å². The number of amides is 1. The maximum absolute atomic E-state index is 12.9. The van der Waals surface area contributed by atoms with Gasteiger partial charge in [0.1, 0.15) is 5.82 Å². The van der Waals surface area contributed by atoms with Crippen LogP contribution >= 0.6 is 23.4 Å². The van der Waals surface area contributed by atoms with Crippen LogP contribution in [0.4, 0.5) is 10.1 Å². The molecule has 0 atom stereocenters. The molecule has 0 unspecified atom stereocenters. The Morgan fingerprint density at radius 1 is 1.10 bits per heavy atom. The number of benzene rings is 2. The number of carbonyl (C=O) groups excluding carboxylic acids is 2. The molecule has 0 radical (unpaired) electrons. The Kier molecular flexibility index (Phi) is 3.23. The maximum Gasteiger partial charge on any atom is 0.296 e. The van der Waals surface area contributed by atoms with Gasteiger partial charge in [-0.25, -0.2) is 4.39 Å². The fourth-order valence-electron chi connectivity index (χ4n) is 1.85. The van der Waals surface area contributed by atoms with E-state index in [0.29, 0.717) is 15.6 Å². The van der Waals surface area contributed by atoms with Crippen LogP contribution in [0, 0.1) is 5.82 Å². The van der Waals surface area contributed by atoms with Gasteiger partial charge in [-0.3, -0.25) is 9.59 Å². The molecule has 1 heterocycles. The second-order valence-corrected chi connectivity index (χ2v) is 5.69. The largest absolute Gasteiger partial charge is 0.318 e. The van der Waals surface area contributed by atoms with Gasteiger partial charge in [0.2, 0.25) is 0 Å². The van der Waals surface area contributed by atoms with Crippen molar-refractivity contribution in [3.63, 3.8) is 0 Å². The Labute approximate surface area is 123 Å². The Hall–Kier alpha value is -1.85. The van der Waals surface area contributed by atoms with Gasteiger partial charge in [0.05, 0.1) is 16.3 Å². The molecular formula is C14H7ClFNO2S. The van der Waals surface area contributed by atoms with E-state index in [1.807, 2.05) is 0 Å². The third kappa shape index (κ3) is 2.30. The first-order valence-corrected chi connectivity index (χ1v) is 6.86. The summed E-state index contributed by atoms with van der Waals surface area (Å²) >= 11 is 7.45. The topological polar surface area (TPSA) is 46.2 Å². The number of hydrogen-bond donors (Lipinski definition) is 1. The van der Waals surface area contributed by atoms with Gasteiger partial charge in [-0.15, -0.1) is 0 Å². The number of Topliss-reactive ketones (excluding diaryl/α,β-unsaturated/α-hetero) is 1. The zero-order valence-electron chi connectivity index (χ0n) is 9.94. The summed E-state index contributed by atoms with van der Waals surface area (Å²) in [6.45, 7) is 0. The Morgan fingerprint density at radius 2 is 1.80 bits per heavy atom. The van der Waals surface area contributed by atoms with Crippen LogP contribution < -0.4 is 5.32 Å². The predicted molar refractivity (Wildman–Crippen MR) is 74.9 cm³/mol. The molecule has 2 aromatic rings. The van der Waals surface area contributed by atoms with E-state index < -0.39 is 11.7 Å². The summed E-state index contributed by atoms with van der Waals surface area (Å²) in [6.07, 6.45) is 0. The number of rotatable bonds is 2. The molecule has 1 aliphatic heterocycles.